The summed E-state index contributed by atoms with van der Waals surface area (Å²) in [7, 11) is -4.55. The van der Waals surface area contributed by atoms with Crippen molar-refractivity contribution in [2.45, 2.75) is 29.7 Å². The van der Waals surface area contributed by atoms with Crippen molar-refractivity contribution in [3.8, 4) is 0 Å². The van der Waals surface area contributed by atoms with Gasteiger partial charge in [-0.3, -0.25) is 4.79 Å². The summed E-state index contributed by atoms with van der Waals surface area (Å²) in [5.41, 5.74) is 1.83. The van der Waals surface area contributed by atoms with Gasteiger partial charge in [0.1, 0.15) is 6.04 Å². The van der Waals surface area contributed by atoms with Crippen LogP contribution in [-0.4, -0.2) is 14.3 Å². The van der Waals surface area contributed by atoms with Crippen molar-refractivity contribution in [3.05, 3.63) is 99.6 Å². The van der Waals surface area contributed by atoms with Crippen molar-refractivity contribution in [2.24, 2.45) is 5.73 Å². The van der Waals surface area contributed by atoms with Gasteiger partial charge >= 0.3 is 12.4 Å². The van der Waals surface area contributed by atoms with Crippen molar-refractivity contribution in [3.63, 3.8) is 0 Å². The second-order valence-corrected chi connectivity index (χ2v) is 9.83. The van der Waals surface area contributed by atoms with Crippen LogP contribution in [0.4, 0.5) is 26.3 Å². The van der Waals surface area contributed by atoms with E-state index in [0.717, 1.165) is 12.1 Å². The summed E-state index contributed by atoms with van der Waals surface area (Å²) in [6, 6.07) is 10.4. The second-order valence-electron chi connectivity index (χ2n) is 7.71. The van der Waals surface area contributed by atoms with Crippen LogP contribution in [0.2, 0.25) is 5.02 Å². The minimum atomic E-state index is -5.08. The van der Waals surface area contributed by atoms with E-state index < -0.39 is 62.3 Å². The number of primary amides is 1. The van der Waals surface area contributed by atoms with Crippen molar-refractivity contribution >= 4 is 27.5 Å². The number of halogens is 7. The van der Waals surface area contributed by atoms with E-state index in [-0.39, 0.29) is 22.2 Å². The SMILES string of the molecule is NC(=O)[C@H](NS(=O)(=O)c1ccc(Cl)cc1Cc1cc(C(F)(F)F)cc(C(F)(F)F)c1)c1ccccc1. The first-order valence-corrected chi connectivity index (χ1v) is 11.9. The molecule has 36 heavy (non-hydrogen) atoms. The molecule has 0 bridgehead atoms. The number of hydrogen-bond acceptors (Lipinski definition) is 3. The molecule has 13 heteroatoms. The van der Waals surface area contributed by atoms with Crippen LogP contribution < -0.4 is 10.5 Å². The lowest BCUT2D eigenvalue weighted by Crippen LogP contribution is -2.37. The largest absolute Gasteiger partial charge is 0.416 e. The highest BCUT2D eigenvalue weighted by atomic mass is 35.5. The maximum atomic E-state index is 13.2. The maximum absolute atomic E-state index is 13.2. The molecule has 3 aromatic rings. The lowest BCUT2D eigenvalue weighted by Gasteiger charge is -2.19. The Morgan fingerprint density at radius 3 is 1.94 bits per heavy atom. The third-order valence-electron chi connectivity index (χ3n) is 5.04. The molecule has 0 unspecified atom stereocenters. The number of benzene rings is 3. The fourth-order valence-electron chi connectivity index (χ4n) is 3.44. The molecule has 0 saturated carbocycles. The van der Waals surface area contributed by atoms with E-state index in [1.807, 2.05) is 0 Å². The second kappa shape index (κ2) is 10.1. The Kier molecular flexibility index (Phi) is 7.72. The number of sulfonamides is 1. The average molecular weight is 551 g/mol. The zero-order chi connectivity index (χ0) is 26.9. The van der Waals surface area contributed by atoms with Gasteiger partial charge < -0.3 is 5.73 Å². The number of alkyl halides is 6. The molecular weight excluding hydrogens is 534 g/mol. The van der Waals surface area contributed by atoms with Crippen LogP contribution >= 0.6 is 11.6 Å². The average Bonchev–Trinajstić information content (AvgIpc) is 2.76. The molecule has 3 rings (SSSR count). The number of nitrogens with one attached hydrogen (secondary N) is 1. The van der Waals surface area contributed by atoms with E-state index in [1.54, 1.807) is 18.2 Å². The Labute approximate surface area is 206 Å². The highest BCUT2D eigenvalue weighted by Crippen LogP contribution is 2.37. The number of rotatable bonds is 7. The van der Waals surface area contributed by atoms with Gasteiger partial charge in [-0.15, -0.1) is 0 Å². The first-order valence-electron chi connectivity index (χ1n) is 10.0. The van der Waals surface area contributed by atoms with E-state index in [1.165, 1.54) is 18.2 Å². The highest BCUT2D eigenvalue weighted by Gasteiger charge is 2.37. The minimum absolute atomic E-state index is 0.0125. The predicted octanol–water partition coefficient (Wildman–Crippen LogP) is 5.47. The van der Waals surface area contributed by atoms with Gasteiger partial charge in [0.05, 0.1) is 16.0 Å². The zero-order valence-corrected chi connectivity index (χ0v) is 19.6. The molecule has 0 aliphatic heterocycles. The summed E-state index contributed by atoms with van der Waals surface area (Å²) < 4.78 is 108. The van der Waals surface area contributed by atoms with E-state index in [2.05, 4.69) is 4.72 Å². The van der Waals surface area contributed by atoms with Gasteiger partial charge in [0.2, 0.25) is 15.9 Å². The smallest absolute Gasteiger partial charge is 0.368 e. The molecule has 0 heterocycles. The lowest BCUT2D eigenvalue weighted by atomic mass is 9.99. The number of amides is 1. The number of hydrogen-bond donors (Lipinski definition) is 2. The number of nitrogens with two attached hydrogens (primary N) is 1. The Balaban J connectivity index is 2.08. The highest BCUT2D eigenvalue weighted by molar-refractivity contribution is 7.89. The molecule has 0 spiro atoms. The Morgan fingerprint density at radius 1 is 0.889 bits per heavy atom. The van der Waals surface area contributed by atoms with Gasteiger partial charge in [0.25, 0.3) is 0 Å². The summed E-state index contributed by atoms with van der Waals surface area (Å²) in [5, 5.41) is -0.0125. The molecule has 192 valence electrons. The quantitative estimate of drug-likeness (QED) is 0.382. The Bertz CT molecular complexity index is 1340. The van der Waals surface area contributed by atoms with Crippen molar-refractivity contribution < 1.29 is 39.6 Å². The molecule has 1 amide bonds. The normalized spacial score (nSPS) is 13.4. The monoisotopic (exact) mass is 550 g/mol. The Morgan fingerprint density at radius 2 is 1.44 bits per heavy atom. The maximum Gasteiger partial charge on any atom is 0.416 e. The lowest BCUT2D eigenvalue weighted by molar-refractivity contribution is -0.143. The predicted molar refractivity (Wildman–Crippen MR) is 119 cm³/mol. The number of carbonyl (C=O) groups is 1. The topological polar surface area (TPSA) is 89.3 Å². The molecule has 5 nitrogen and oxygen atoms in total. The van der Waals surface area contributed by atoms with Crippen LogP contribution in [0, 0.1) is 0 Å². The molecule has 3 aromatic carbocycles. The van der Waals surface area contributed by atoms with Gasteiger partial charge in [-0.1, -0.05) is 41.9 Å². The molecule has 0 aromatic heterocycles. The third kappa shape index (κ3) is 6.56. The summed E-state index contributed by atoms with van der Waals surface area (Å²) in [5.74, 6) is -1.03. The standard InChI is InChI=1S/C23H17ClF6N2O3S/c24-18-6-7-19(36(34,35)32-20(21(31)33)14-4-2-1-3-5-14)15(11-18)8-13-9-16(22(25,26)27)12-17(10-13)23(28,29)30/h1-7,9-12,20,32H,8H2,(H2,31,33)/t20-/m1/s1. The first-order chi connectivity index (χ1) is 16.6. The van der Waals surface area contributed by atoms with Crippen LogP contribution in [0.1, 0.15) is 33.9 Å². The fourth-order valence-corrected chi connectivity index (χ4v) is 5.05. The number of carbonyl (C=O) groups excluding carboxylic acids is 1. The van der Waals surface area contributed by atoms with E-state index >= 15 is 0 Å². The summed E-state index contributed by atoms with van der Waals surface area (Å²) in [6.07, 6.45) is -10.8. The Hall–Kier alpha value is -3.09. The van der Waals surface area contributed by atoms with Gasteiger partial charge in [-0.2, -0.15) is 31.1 Å². The van der Waals surface area contributed by atoms with Crippen LogP contribution in [0.25, 0.3) is 0 Å². The van der Waals surface area contributed by atoms with E-state index in [4.69, 9.17) is 17.3 Å². The van der Waals surface area contributed by atoms with Gasteiger partial charge in [-0.25, -0.2) is 8.42 Å². The molecule has 0 aliphatic carbocycles. The summed E-state index contributed by atoms with van der Waals surface area (Å²) >= 11 is 5.94. The minimum Gasteiger partial charge on any atom is -0.368 e. The molecule has 0 fully saturated rings. The van der Waals surface area contributed by atoms with E-state index in [0.29, 0.717) is 12.1 Å². The van der Waals surface area contributed by atoms with Crippen LogP contribution in [0.3, 0.4) is 0 Å². The van der Waals surface area contributed by atoms with Crippen LogP contribution in [0.15, 0.2) is 71.6 Å². The molecule has 0 aliphatic rings. The van der Waals surface area contributed by atoms with Crippen LogP contribution in [0.5, 0.6) is 0 Å². The summed E-state index contributed by atoms with van der Waals surface area (Å²) in [4.78, 5) is 11.5. The van der Waals surface area contributed by atoms with Crippen molar-refractivity contribution in [2.75, 3.05) is 0 Å². The fraction of sp³-hybridized carbons (Fsp3) is 0.174. The molecule has 3 N–H and O–H groups in total. The molecular formula is C23H17ClF6N2O3S. The zero-order valence-electron chi connectivity index (χ0n) is 18.0. The summed E-state index contributed by atoms with van der Waals surface area (Å²) in [6.45, 7) is 0. The molecule has 1 atom stereocenters. The van der Waals surface area contributed by atoms with Crippen molar-refractivity contribution in [1.82, 2.24) is 4.72 Å². The molecule has 0 saturated heterocycles. The third-order valence-corrected chi connectivity index (χ3v) is 6.80. The first kappa shape index (κ1) is 27.5. The van der Waals surface area contributed by atoms with Crippen LogP contribution in [-0.2, 0) is 33.6 Å². The van der Waals surface area contributed by atoms with Gasteiger partial charge in [0.15, 0.2) is 0 Å². The van der Waals surface area contributed by atoms with Crippen molar-refractivity contribution in [1.29, 1.82) is 0 Å². The molecule has 0 radical (unpaired) electrons. The van der Waals surface area contributed by atoms with E-state index in [9.17, 15) is 39.6 Å². The van der Waals surface area contributed by atoms with Gasteiger partial charge in [0, 0.05) is 5.02 Å². The van der Waals surface area contributed by atoms with Gasteiger partial charge in [-0.05, 0) is 59.5 Å².